The monoisotopic (exact) mass is 302 g/mol. The molecule has 22 heavy (non-hydrogen) atoms. The van der Waals surface area contributed by atoms with Gasteiger partial charge in [-0.25, -0.2) is 0 Å². The molecule has 0 N–H and O–H groups in total. The minimum atomic E-state index is 0.567. The first kappa shape index (κ1) is 15.5. The van der Waals surface area contributed by atoms with Gasteiger partial charge in [0, 0.05) is 0 Å². The molecule has 0 heteroatoms. The summed E-state index contributed by atoms with van der Waals surface area (Å²) in [6.07, 6.45) is 18.5. The van der Waals surface area contributed by atoms with E-state index < -0.39 is 0 Å². The van der Waals surface area contributed by atoms with Crippen LogP contribution in [0.15, 0.2) is 0 Å². The fourth-order valence-corrected chi connectivity index (χ4v) is 7.91. The lowest BCUT2D eigenvalue weighted by Crippen LogP contribution is -2.46. The van der Waals surface area contributed by atoms with Gasteiger partial charge in [0.25, 0.3) is 0 Å². The maximum atomic E-state index is 2.74. The molecule has 0 heterocycles. The topological polar surface area (TPSA) is 0 Å². The maximum absolute atomic E-state index is 2.74. The zero-order valence-corrected chi connectivity index (χ0v) is 15.4. The van der Waals surface area contributed by atoms with Crippen LogP contribution >= 0.6 is 0 Å². The Morgan fingerprint density at radius 2 is 1.36 bits per heavy atom. The molecule has 4 saturated carbocycles. The fourth-order valence-electron chi connectivity index (χ4n) is 7.91. The quantitative estimate of drug-likeness (QED) is 0.524. The summed E-state index contributed by atoms with van der Waals surface area (Å²) in [5.41, 5.74) is 1.20. The second-order valence-electron chi connectivity index (χ2n) is 10.2. The lowest BCUT2D eigenvalue weighted by molar-refractivity contribution is -0.0490. The van der Waals surface area contributed by atoms with E-state index in [-0.39, 0.29) is 0 Å². The van der Waals surface area contributed by atoms with Gasteiger partial charge in [0.2, 0.25) is 0 Å². The van der Waals surface area contributed by atoms with Gasteiger partial charge in [0.15, 0.2) is 0 Å². The van der Waals surface area contributed by atoms with Crippen LogP contribution in [0.25, 0.3) is 0 Å². The Labute approximate surface area is 138 Å². The lowest BCUT2D eigenvalue weighted by atomic mass is 9.51. The van der Waals surface area contributed by atoms with Crippen LogP contribution in [0.5, 0.6) is 0 Å². The highest BCUT2D eigenvalue weighted by atomic mass is 14.7. The second-order valence-corrected chi connectivity index (χ2v) is 10.2. The number of hydrogen-bond donors (Lipinski definition) is 0. The lowest BCUT2D eigenvalue weighted by Gasteiger charge is -2.54. The minimum Gasteiger partial charge on any atom is -0.0591 e. The molecular formula is C22H38. The Morgan fingerprint density at radius 3 is 2.09 bits per heavy atom. The first-order chi connectivity index (χ1) is 10.5. The van der Waals surface area contributed by atoms with Crippen LogP contribution in [0.3, 0.4) is 0 Å². The third-order valence-corrected chi connectivity index (χ3v) is 9.40. The van der Waals surface area contributed by atoms with Crippen molar-refractivity contribution in [2.75, 3.05) is 0 Å². The molecule has 0 nitrogen and oxygen atoms in total. The molecular weight excluding hydrogens is 264 g/mol. The third kappa shape index (κ3) is 2.15. The SMILES string of the molecule is CC(C)(C1CCCCC1)C1(C)CC2CCCC3CCCC1C32. The zero-order chi connectivity index (χ0) is 15.4. The van der Waals surface area contributed by atoms with Crippen molar-refractivity contribution in [1.29, 1.82) is 0 Å². The standard InChI is InChI=1S/C22H38/c1-21(2,18-12-5-4-6-13-18)22(3)15-17-11-7-9-16-10-8-14-19(22)20(16)17/h16-20H,4-15H2,1-3H3. The van der Waals surface area contributed by atoms with E-state index in [0.29, 0.717) is 10.8 Å². The van der Waals surface area contributed by atoms with Gasteiger partial charge in [-0.05, 0) is 66.1 Å². The van der Waals surface area contributed by atoms with Gasteiger partial charge in [0.1, 0.15) is 0 Å². The van der Waals surface area contributed by atoms with Crippen molar-refractivity contribution in [1.82, 2.24) is 0 Å². The van der Waals surface area contributed by atoms with Crippen LogP contribution in [0.2, 0.25) is 0 Å². The second kappa shape index (κ2) is 5.52. The molecule has 0 aromatic rings. The van der Waals surface area contributed by atoms with Gasteiger partial charge in [0.05, 0.1) is 0 Å². The van der Waals surface area contributed by atoms with E-state index in [1.807, 2.05) is 0 Å². The first-order valence-electron chi connectivity index (χ1n) is 10.5. The molecule has 4 fully saturated rings. The highest BCUT2D eigenvalue weighted by Crippen LogP contribution is 2.68. The highest BCUT2D eigenvalue weighted by molar-refractivity contribution is 5.09. The summed E-state index contributed by atoms with van der Waals surface area (Å²) in [6.45, 7) is 8.11. The molecule has 0 saturated heterocycles. The molecule has 5 atom stereocenters. The van der Waals surface area contributed by atoms with Crippen LogP contribution in [-0.4, -0.2) is 0 Å². The van der Waals surface area contributed by atoms with Crippen LogP contribution in [0, 0.1) is 40.4 Å². The predicted octanol–water partition coefficient (Wildman–Crippen LogP) is 6.84. The van der Waals surface area contributed by atoms with E-state index >= 15 is 0 Å². The van der Waals surface area contributed by atoms with E-state index in [1.54, 1.807) is 38.5 Å². The van der Waals surface area contributed by atoms with Crippen LogP contribution < -0.4 is 0 Å². The van der Waals surface area contributed by atoms with Gasteiger partial charge in [-0.3, -0.25) is 0 Å². The van der Waals surface area contributed by atoms with Crippen molar-refractivity contribution in [2.45, 2.75) is 97.8 Å². The number of rotatable bonds is 2. The Kier molecular flexibility index (Phi) is 3.90. The minimum absolute atomic E-state index is 0.567. The van der Waals surface area contributed by atoms with E-state index in [9.17, 15) is 0 Å². The molecule has 4 aliphatic carbocycles. The van der Waals surface area contributed by atoms with Crippen LogP contribution in [0.4, 0.5) is 0 Å². The van der Waals surface area contributed by atoms with E-state index in [4.69, 9.17) is 0 Å². The molecule has 126 valence electrons. The molecule has 4 aliphatic rings. The first-order valence-corrected chi connectivity index (χ1v) is 10.5. The van der Waals surface area contributed by atoms with Crippen molar-refractivity contribution in [3.8, 4) is 0 Å². The molecule has 0 aromatic carbocycles. The molecule has 0 aliphatic heterocycles. The summed E-state index contributed by atoms with van der Waals surface area (Å²) < 4.78 is 0. The average molecular weight is 303 g/mol. The van der Waals surface area contributed by atoms with Gasteiger partial charge in [-0.1, -0.05) is 72.1 Å². The number of hydrogen-bond acceptors (Lipinski definition) is 0. The summed E-state index contributed by atoms with van der Waals surface area (Å²) in [6, 6.07) is 0. The summed E-state index contributed by atoms with van der Waals surface area (Å²) in [7, 11) is 0. The van der Waals surface area contributed by atoms with Crippen molar-refractivity contribution < 1.29 is 0 Å². The van der Waals surface area contributed by atoms with Crippen molar-refractivity contribution in [3.63, 3.8) is 0 Å². The summed E-state index contributed by atoms with van der Waals surface area (Å²) in [5.74, 6) is 5.40. The van der Waals surface area contributed by atoms with Gasteiger partial charge in [-0.2, -0.15) is 0 Å². The molecule has 0 radical (unpaired) electrons. The molecule has 0 spiro atoms. The Balaban J connectivity index is 1.64. The smallest absolute Gasteiger partial charge is 0.0238 e. The Morgan fingerprint density at radius 1 is 0.727 bits per heavy atom. The Hall–Kier alpha value is 0. The maximum Gasteiger partial charge on any atom is -0.0238 e. The third-order valence-electron chi connectivity index (χ3n) is 9.40. The molecule has 4 rings (SSSR count). The molecule has 0 bridgehead atoms. The predicted molar refractivity (Wildman–Crippen MR) is 94.7 cm³/mol. The van der Waals surface area contributed by atoms with E-state index in [2.05, 4.69) is 20.8 Å². The zero-order valence-electron chi connectivity index (χ0n) is 15.4. The van der Waals surface area contributed by atoms with Crippen LogP contribution in [0.1, 0.15) is 97.8 Å². The molecule has 0 aromatic heterocycles. The van der Waals surface area contributed by atoms with Gasteiger partial charge < -0.3 is 0 Å². The normalized spacial score (nSPS) is 46.5. The molecule has 5 unspecified atom stereocenters. The Bertz CT molecular complexity index is 400. The van der Waals surface area contributed by atoms with Crippen LogP contribution in [-0.2, 0) is 0 Å². The summed E-state index contributed by atoms with van der Waals surface area (Å²) >= 11 is 0. The van der Waals surface area contributed by atoms with Crippen molar-refractivity contribution in [3.05, 3.63) is 0 Å². The van der Waals surface area contributed by atoms with Gasteiger partial charge >= 0.3 is 0 Å². The fraction of sp³-hybridized carbons (Fsp3) is 1.00. The van der Waals surface area contributed by atoms with E-state index in [1.165, 1.54) is 38.5 Å². The van der Waals surface area contributed by atoms with Crippen molar-refractivity contribution in [2.24, 2.45) is 40.4 Å². The summed E-state index contributed by atoms with van der Waals surface area (Å²) in [5, 5.41) is 0. The van der Waals surface area contributed by atoms with Crippen molar-refractivity contribution >= 4 is 0 Å². The largest absolute Gasteiger partial charge is 0.0591 e. The van der Waals surface area contributed by atoms with Gasteiger partial charge in [-0.15, -0.1) is 0 Å². The average Bonchev–Trinajstić information content (AvgIpc) is 2.85. The molecule has 0 amide bonds. The highest BCUT2D eigenvalue weighted by Gasteiger charge is 2.61. The van der Waals surface area contributed by atoms with E-state index in [0.717, 1.165) is 29.6 Å². The summed E-state index contributed by atoms with van der Waals surface area (Å²) in [4.78, 5) is 0.